The van der Waals surface area contributed by atoms with Crippen molar-refractivity contribution in [2.45, 2.75) is 58.5 Å². The summed E-state index contributed by atoms with van der Waals surface area (Å²) in [5, 5.41) is 9.25. The Balaban J connectivity index is 1.62. The minimum atomic E-state index is -0.161. The largest absolute Gasteiger partial charge is 0.349 e. The molecule has 2 aromatic carbocycles. The van der Waals surface area contributed by atoms with Gasteiger partial charge in [0.05, 0.1) is 17.8 Å². The summed E-state index contributed by atoms with van der Waals surface area (Å²) in [7, 11) is 0. The zero-order valence-corrected chi connectivity index (χ0v) is 18.4. The minimum absolute atomic E-state index is 0.0744. The second kappa shape index (κ2) is 9.90. The Bertz CT molecular complexity index is 870. The zero-order chi connectivity index (χ0) is 21.7. The van der Waals surface area contributed by atoms with Gasteiger partial charge in [0.15, 0.2) is 0 Å². The Kier molecular flexibility index (Phi) is 7.27. The maximum atomic E-state index is 12.6. The van der Waals surface area contributed by atoms with Crippen molar-refractivity contribution in [1.29, 1.82) is 0 Å². The van der Waals surface area contributed by atoms with Crippen LogP contribution in [0.4, 0.5) is 5.69 Å². The molecule has 0 aromatic heterocycles. The Morgan fingerprint density at radius 3 is 2.17 bits per heavy atom. The van der Waals surface area contributed by atoms with E-state index >= 15 is 0 Å². The molecule has 5 heteroatoms. The van der Waals surface area contributed by atoms with Crippen LogP contribution in [-0.4, -0.2) is 24.4 Å². The molecule has 5 nitrogen and oxygen atoms in total. The second-order valence-electron chi connectivity index (χ2n) is 8.77. The summed E-state index contributed by atoms with van der Waals surface area (Å²) in [5.74, 6) is 0.532. The van der Waals surface area contributed by atoms with Crippen molar-refractivity contribution in [1.82, 2.24) is 10.6 Å². The molecule has 30 heavy (non-hydrogen) atoms. The van der Waals surface area contributed by atoms with E-state index in [-0.39, 0.29) is 30.4 Å². The van der Waals surface area contributed by atoms with E-state index in [0.717, 1.165) is 12.8 Å². The smallest absolute Gasteiger partial charge is 0.253 e. The zero-order valence-electron chi connectivity index (χ0n) is 18.4. The maximum absolute atomic E-state index is 12.6. The summed E-state index contributed by atoms with van der Waals surface area (Å²) in [4.78, 5) is 25.1. The Morgan fingerprint density at radius 1 is 0.933 bits per heavy atom. The quantitative estimate of drug-likeness (QED) is 0.568. The molecule has 3 rings (SSSR count). The highest BCUT2D eigenvalue weighted by Gasteiger charge is 2.25. The van der Waals surface area contributed by atoms with Crippen LogP contribution >= 0.6 is 0 Å². The molecule has 1 saturated carbocycles. The third-order valence-electron chi connectivity index (χ3n) is 5.47. The van der Waals surface area contributed by atoms with Gasteiger partial charge in [-0.2, -0.15) is 0 Å². The Morgan fingerprint density at radius 2 is 1.57 bits per heavy atom. The van der Waals surface area contributed by atoms with Crippen LogP contribution in [-0.2, 0) is 4.79 Å². The fourth-order valence-electron chi connectivity index (χ4n) is 3.50. The molecule has 1 atom stereocenters. The van der Waals surface area contributed by atoms with Gasteiger partial charge in [0.25, 0.3) is 5.91 Å². The van der Waals surface area contributed by atoms with Crippen LogP contribution in [0.1, 0.15) is 74.0 Å². The fraction of sp³-hybridized carbons (Fsp3) is 0.440. The standard InChI is InChI=1S/C25H33N3O2/c1-16(2)18-9-11-19(12-10-18)24(17(3)4)26-15-23(29)28-22-8-6-5-7-21(22)25(30)27-20-13-14-20/h5-12,16-17,20,24,26H,13-15H2,1-4H3,(H,27,30)(H,28,29)/t24-/m0/s1. The molecule has 0 saturated heterocycles. The van der Waals surface area contributed by atoms with Gasteiger partial charge in [-0.05, 0) is 47.9 Å². The highest BCUT2D eigenvalue weighted by Crippen LogP contribution is 2.24. The molecule has 160 valence electrons. The number of nitrogens with one attached hydrogen (secondary N) is 3. The summed E-state index contributed by atoms with van der Waals surface area (Å²) in [6.07, 6.45) is 2.05. The van der Waals surface area contributed by atoms with Crippen molar-refractivity contribution >= 4 is 17.5 Å². The van der Waals surface area contributed by atoms with E-state index in [1.165, 1.54) is 11.1 Å². The number of amides is 2. The number of anilines is 1. The van der Waals surface area contributed by atoms with Gasteiger partial charge in [0.2, 0.25) is 5.91 Å². The average Bonchev–Trinajstić information content (AvgIpc) is 3.52. The van der Waals surface area contributed by atoms with Crippen molar-refractivity contribution in [3.63, 3.8) is 0 Å². The van der Waals surface area contributed by atoms with E-state index in [9.17, 15) is 9.59 Å². The van der Waals surface area contributed by atoms with Gasteiger partial charge < -0.3 is 16.0 Å². The summed E-state index contributed by atoms with van der Waals surface area (Å²) in [6.45, 7) is 8.82. The monoisotopic (exact) mass is 407 g/mol. The average molecular weight is 408 g/mol. The van der Waals surface area contributed by atoms with E-state index in [2.05, 4.69) is 67.9 Å². The third-order valence-corrected chi connectivity index (χ3v) is 5.47. The van der Waals surface area contributed by atoms with E-state index in [4.69, 9.17) is 0 Å². The van der Waals surface area contributed by atoms with Crippen LogP contribution in [0.3, 0.4) is 0 Å². The van der Waals surface area contributed by atoms with E-state index in [0.29, 0.717) is 23.1 Å². The molecule has 3 N–H and O–H groups in total. The maximum Gasteiger partial charge on any atom is 0.253 e. The lowest BCUT2D eigenvalue weighted by molar-refractivity contribution is -0.115. The second-order valence-corrected chi connectivity index (χ2v) is 8.77. The van der Waals surface area contributed by atoms with Crippen molar-refractivity contribution in [2.75, 3.05) is 11.9 Å². The predicted octanol–water partition coefficient (Wildman–Crippen LogP) is 4.63. The number of hydrogen-bond acceptors (Lipinski definition) is 3. The Hall–Kier alpha value is -2.66. The summed E-state index contributed by atoms with van der Waals surface area (Å²) in [6, 6.07) is 16.1. The van der Waals surface area contributed by atoms with Crippen molar-refractivity contribution in [2.24, 2.45) is 5.92 Å². The first-order valence-corrected chi connectivity index (χ1v) is 10.9. The SMILES string of the molecule is CC(C)c1ccc([C@@H](NCC(=O)Nc2ccccc2C(=O)NC2CC2)C(C)C)cc1. The number of carbonyl (C=O) groups excluding carboxylic acids is 2. The molecule has 0 unspecified atom stereocenters. The van der Waals surface area contributed by atoms with Crippen molar-refractivity contribution in [3.05, 3.63) is 65.2 Å². The molecule has 1 fully saturated rings. The molecule has 0 spiro atoms. The first-order chi connectivity index (χ1) is 14.3. The Labute approximate surface area is 179 Å². The van der Waals surface area contributed by atoms with E-state index < -0.39 is 0 Å². The topological polar surface area (TPSA) is 70.2 Å². The number of hydrogen-bond donors (Lipinski definition) is 3. The number of rotatable bonds is 9. The normalized spacial score (nSPS) is 14.6. The molecule has 0 heterocycles. The predicted molar refractivity (Wildman–Crippen MR) is 122 cm³/mol. The molecule has 1 aliphatic carbocycles. The van der Waals surface area contributed by atoms with Crippen LogP contribution in [0.5, 0.6) is 0 Å². The van der Waals surface area contributed by atoms with Crippen molar-refractivity contribution in [3.8, 4) is 0 Å². The lowest BCUT2D eigenvalue weighted by Gasteiger charge is -2.23. The van der Waals surface area contributed by atoms with Gasteiger partial charge in [-0.15, -0.1) is 0 Å². The fourth-order valence-corrected chi connectivity index (χ4v) is 3.50. The van der Waals surface area contributed by atoms with Crippen LogP contribution in [0.2, 0.25) is 0 Å². The third kappa shape index (κ3) is 5.92. The van der Waals surface area contributed by atoms with Crippen molar-refractivity contribution < 1.29 is 9.59 Å². The molecule has 2 aromatic rings. The van der Waals surface area contributed by atoms with Crippen LogP contribution in [0, 0.1) is 5.92 Å². The number of para-hydroxylation sites is 1. The molecular weight excluding hydrogens is 374 g/mol. The van der Waals surface area contributed by atoms with Gasteiger partial charge in [0, 0.05) is 12.1 Å². The molecule has 1 aliphatic rings. The molecule has 0 bridgehead atoms. The van der Waals surface area contributed by atoms with E-state index in [1.807, 2.05) is 12.1 Å². The first-order valence-electron chi connectivity index (χ1n) is 10.9. The van der Waals surface area contributed by atoms with Crippen LogP contribution in [0.25, 0.3) is 0 Å². The first kappa shape index (κ1) is 22.0. The number of carbonyl (C=O) groups is 2. The van der Waals surface area contributed by atoms with Crippen LogP contribution in [0.15, 0.2) is 48.5 Å². The molecule has 0 radical (unpaired) electrons. The summed E-state index contributed by atoms with van der Waals surface area (Å²) in [5.41, 5.74) is 3.53. The summed E-state index contributed by atoms with van der Waals surface area (Å²) >= 11 is 0. The highest BCUT2D eigenvalue weighted by atomic mass is 16.2. The van der Waals surface area contributed by atoms with Gasteiger partial charge in [-0.1, -0.05) is 64.1 Å². The number of benzene rings is 2. The summed E-state index contributed by atoms with van der Waals surface area (Å²) < 4.78 is 0. The van der Waals surface area contributed by atoms with Gasteiger partial charge in [-0.25, -0.2) is 0 Å². The lowest BCUT2D eigenvalue weighted by Crippen LogP contribution is -2.34. The van der Waals surface area contributed by atoms with Crippen LogP contribution < -0.4 is 16.0 Å². The van der Waals surface area contributed by atoms with Gasteiger partial charge in [-0.3, -0.25) is 9.59 Å². The van der Waals surface area contributed by atoms with Gasteiger partial charge >= 0.3 is 0 Å². The molecule has 2 amide bonds. The van der Waals surface area contributed by atoms with E-state index in [1.54, 1.807) is 12.1 Å². The highest BCUT2D eigenvalue weighted by molar-refractivity contribution is 6.04. The lowest BCUT2D eigenvalue weighted by atomic mass is 9.93. The molecule has 0 aliphatic heterocycles. The van der Waals surface area contributed by atoms with Gasteiger partial charge in [0.1, 0.15) is 0 Å². The minimum Gasteiger partial charge on any atom is -0.349 e. The molecular formula is C25H33N3O2.